The van der Waals surface area contributed by atoms with Crippen LogP contribution in [0.4, 0.5) is 5.95 Å². The second kappa shape index (κ2) is 4.81. The van der Waals surface area contributed by atoms with E-state index in [9.17, 15) is 5.11 Å². The van der Waals surface area contributed by atoms with E-state index < -0.39 is 0 Å². The van der Waals surface area contributed by atoms with E-state index in [-0.39, 0.29) is 5.75 Å². The Labute approximate surface area is 123 Å². The minimum absolute atomic E-state index is 0.259. The Hall–Kier alpha value is -2.49. The van der Waals surface area contributed by atoms with Gasteiger partial charge in [0.1, 0.15) is 5.75 Å². The normalized spacial score (nSPS) is 14.5. The summed E-state index contributed by atoms with van der Waals surface area (Å²) in [6.07, 6.45) is 2.59. The Morgan fingerprint density at radius 3 is 2.67 bits per heavy atom. The van der Waals surface area contributed by atoms with E-state index in [0.29, 0.717) is 0 Å². The third kappa shape index (κ3) is 2.23. The third-order valence-electron chi connectivity index (χ3n) is 3.93. The molecule has 1 aromatic heterocycles. The van der Waals surface area contributed by atoms with Crippen molar-refractivity contribution in [3.05, 3.63) is 48.5 Å². The van der Waals surface area contributed by atoms with Gasteiger partial charge in [-0.2, -0.15) is 0 Å². The lowest BCUT2D eigenvalue weighted by molar-refractivity contribution is 0.473. The Morgan fingerprint density at radius 2 is 1.86 bits per heavy atom. The average Bonchev–Trinajstić information content (AvgIpc) is 3.26. The summed E-state index contributed by atoms with van der Waals surface area (Å²) < 4.78 is 1.99. The van der Waals surface area contributed by atoms with Crippen molar-refractivity contribution in [2.24, 2.45) is 5.92 Å². The highest BCUT2D eigenvalue weighted by Crippen LogP contribution is 2.32. The van der Waals surface area contributed by atoms with E-state index in [1.807, 2.05) is 47.0 Å². The average molecular weight is 279 g/mol. The molecule has 106 valence electrons. The first-order valence-corrected chi connectivity index (χ1v) is 7.32. The number of fused-ring (bicyclic) bond motifs is 1. The number of imidazole rings is 1. The molecule has 0 aliphatic heterocycles. The van der Waals surface area contributed by atoms with Crippen LogP contribution in [0.5, 0.6) is 5.75 Å². The van der Waals surface area contributed by atoms with Gasteiger partial charge in [-0.1, -0.05) is 24.3 Å². The first-order chi connectivity index (χ1) is 10.3. The van der Waals surface area contributed by atoms with Crippen LogP contribution in [0.2, 0.25) is 0 Å². The number of nitrogens with one attached hydrogen (secondary N) is 1. The number of aromatic hydroxyl groups is 1. The van der Waals surface area contributed by atoms with Crippen LogP contribution in [0, 0.1) is 5.92 Å². The van der Waals surface area contributed by atoms with Gasteiger partial charge < -0.3 is 10.4 Å². The van der Waals surface area contributed by atoms with Gasteiger partial charge in [0.05, 0.1) is 16.7 Å². The van der Waals surface area contributed by atoms with Gasteiger partial charge in [0.2, 0.25) is 5.95 Å². The molecule has 0 amide bonds. The third-order valence-corrected chi connectivity index (χ3v) is 3.93. The number of phenols is 1. The monoisotopic (exact) mass is 279 g/mol. The van der Waals surface area contributed by atoms with Gasteiger partial charge in [-0.3, -0.25) is 4.57 Å². The molecule has 4 heteroatoms. The molecule has 2 aromatic carbocycles. The first kappa shape index (κ1) is 12.3. The van der Waals surface area contributed by atoms with Gasteiger partial charge in [-0.05, 0) is 43.0 Å². The topological polar surface area (TPSA) is 50.1 Å². The van der Waals surface area contributed by atoms with E-state index in [1.54, 1.807) is 6.07 Å². The predicted molar refractivity (Wildman–Crippen MR) is 83.9 cm³/mol. The van der Waals surface area contributed by atoms with Crippen LogP contribution < -0.4 is 5.32 Å². The molecule has 1 aliphatic carbocycles. The molecule has 1 saturated carbocycles. The lowest BCUT2D eigenvalue weighted by Crippen LogP contribution is -2.09. The summed E-state index contributed by atoms with van der Waals surface area (Å²) in [5.74, 6) is 1.82. The fourth-order valence-corrected chi connectivity index (χ4v) is 2.60. The highest BCUT2D eigenvalue weighted by Gasteiger charge is 2.22. The Bertz CT molecular complexity index is 790. The fraction of sp³-hybridized carbons (Fsp3) is 0.235. The van der Waals surface area contributed by atoms with Gasteiger partial charge in [0.15, 0.2) is 0 Å². The van der Waals surface area contributed by atoms with Crippen molar-refractivity contribution in [2.75, 3.05) is 11.9 Å². The van der Waals surface area contributed by atoms with E-state index in [2.05, 4.69) is 10.3 Å². The zero-order valence-electron chi connectivity index (χ0n) is 11.7. The number of anilines is 1. The van der Waals surface area contributed by atoms with Gasteiger partial charge in [0.25, 0.3) is 0 Å². The molecular formula is C17H17N3O. The number of aromatic nitrogens is 2. The molecule has 0 atom stereocenters. The maximum atomic E-state index is 10.2. The number of benzene rings is 2. The summed E-state index contributed by atoms with van der Waals surface area (Å²) in [5.41, 5.74) is 2.68. The lowest BCUT2D eigenvalue weighted by Gasteiger charge is -2.12. The van der Waals surface area contributed by atoms with E-state index in [0.717, 1.165) is 35.1 Å². The number of nitrogens with zero attached hydrogens (tertiary/aromatic N) is 2. The van der Waals surface area contributed by atoms with Crippen molar-refractivity contribution in [2.45, 2.75) is 12.8 Å². The van der Waals surface area contributed by atoms with Crippen molar-refractivity contribution in [1.82, 2.24) is 9.55 Å². The molecule has 21 heavy (non-hydrogen) atoms. The number of phenolic OH excluding ortho intramolecular Hbond substituents is 1. The summed E-state index contributed by atoms with van der Waals surface area (Å²) in [6, 6.07) is 15.4. The smallest absolute Gasteiger partial charge is 0.208 e. The molecule has 3 aromatic rings. The summed E-state index contributed by atoms with van der Waals surface area (Å²) in [7, 11) is 0. The molecule has 0 spiro atoms. The Balaban J connectivity index is 1.87. The van der Waals surface area contributed by atoms with E-state index >= 15 is 0 Å². The SMILES string of the molecule is Oc1ccccc1-n1c(NCC2CC2)nc2ccccc21. The molecule has 4 rings (SSSR count). The zero-order valence-corrected chi connectivity index (χ0v) is 11.7. The highest BCUT2D eigenvalue weighted by atomic mass is 16.3. The van der Waals surface area contributed by atoms with Crippen LogP contribution in [-0.4, -0.2) is 21.2 Å². The van der Waals surface area contributed by atoms with Crippen molar-refractivity contribution in [3.8, 4) is 11.4 Å². The van der Waals surface area contributed by atoms with Crippen LogP contribution in [0.1, 0.15) is 12.8 Å². The van der Waals surface area contributed by atoms with Crippen LogP contribution >= 0.6 is 0 Å². The predicted octanol–water partition coefficient (Wildman–Crippen LogP) is 3.55. The van der Waals surface area contributed by atoms with E-state index in [1.165, 1.54) is 12.8 Å². The van der Waals surface area contributed by atoms with Crippen molar-refractivity contribution in [1.29, 1.82) is 0 Å². The minimum Gasteiger partial charge on any atom is -0.506 e. The van der Waals surface area contributed by atoms with Crippen LogP contribution in [0.3, 0.4) is 0 Å². The van der Waals surface area contributed by atoms with Crippen LogP contribution in [0.25, 0.3) is 16.7 Å². The fourth-order valence-electron chi connectivity index (χ4n) is 2.60. The Kier molecular flexibility index (Phi) is 2.81. The number of para-hydroxylation sites is 4. The number of rotatable bonds is 4. The standard InChI is InChI=1S/C17H17N3O/c21-16-8-4-3-7-15(16)20-14-6-2-1-5-13(14)19-17(20)18-11-12-9-10-12/h1-8,12,21H,9-11H2,(H,18,19). The summed E-state index contributed by atoms with van der Waals surface area (Å²) in [5, 5.41) is 13.6. The molecule has 4 nitrogen and oxygen atoms in total. The molecule has 1 fully saturated rings. The first-order valence-electron chi connectivity index (χ1n) is 7.32. The maximum absolute atomic E-state index is 10.2. The lowest BCUT2D eigenvalue weighted by atomic mass is 10.2. The molecule has 1 heterocycles. The van der Waals surface area contributed by atoms with Gasteiger partial charge in [-0.15, -0.1) is 0 Å². The second-order valence-electron chi connectivity index (χ2n) is 5.57. The Morgan fingerprint density at radius 1 is 1.10 bits per heavy atom. The van der Waals surface area contributed by atoms with E-state index in [4.69, 9.17) is 0 Å². The summed E-state index contributed by atoms with van der Waals surface area (Å²) in [4.78, 5) is 4.67. The van der Waals surface area contributed by atoms with Crippen LogP contribution in [-0.2, 0) is 0 Å². The minimum atomic E-state index is 0.259. The van der Waals surface area contributed by atoms with Crippen molar-refractivity contribution in [3.63, 3.8) is 0 Å². The van der Waals surface area contributed by atoms with Gasteiger partial charge >= 0.3 is 0 Å². The summed E-state index contributed by atoms with van der Waals surface area (Å²) in [6.45, 7) is 0.941. The molecular weight excluding hydrogens is 262 g/mol. The van der Waals surface area contributed by atoms with Crippen molar-refractivity contribution >= 4 is 17.0 Å². The largest absolute Gasteiger partial charge is 0.506 e. The maximum Gasteiger partial charge on any atom is 0.208 e. The molecule has 0 radical (unpaired) electrons. The second-order valence-corrected chi connectivity index (χ2v) is 5.57. The molecule has 0 bridgehead atoms. The van der Waals surface area contributed by atoms with Gasteiger partial charge in [0, 0.05) is 6.54 Å². The summed E-state index contributed by atoms with van der Waals surface area (Å²) >= 11 is 0. The quantitative estimate of drug-likeness (QED) is 0.768. The molecule has 1 aliphatic rings. The molecule has 0 saturated heterocycles. The number of hydrogen-bond donors (Lipinski definition) is 2. The highest BCUT2D eigenvalue weighted by molar-refractivity contribution is 5.82. The van der Waals surface area contributed by atoms with Crippen molar-refractivity contribution < 1.29 is 5.11 Å². The molecule has 2 N–H and O–H groups in total. The van der Waals surface area contributed by atoms with Crippen LogP contribution in [0.15, 0.2) is 48.5 Å². The zero-order chi connectivity index (χ0) is 14.2. The molecule has 0 unspecified atom stereocenters. The number of hydrogen-bond acceptors (Lipinski definition) is 3. The van der Waals surface area contributed by atoms with Gasteiger partial charge in [-0.25, -0.2) is 4.98 Å².